The highest BCUT2D eigenvalue weighted by Crippen LogP contribution is 1.97. The van der Waals surface area contributed by atoms with Crippen LogP contribution in [0.25, 0.3) is 0 Å². The number of hydrogen-bond donors (Lipinski definition) is 0. The topological polar surface area (TPSA) is 9.23 Å². The first-order valence-corrected chi connectivity index (χ1v) is 3.86. The minimum atomic E-state index is 1.05. The van der Waals surface area contributed by atoms with E-state index in [9.17, 15) is 0 Å². The molecule has 0 bridgehead atoms. The standard InChI is InChI=1S/C11H16O/c1-10(2)6-5-7-11(3)8-9-12-4/h5-9H,1H2,2-4H3/b6-5+,9-8+,11-7+. The van der Waals surface area contributed by atoms with Crippen molar-refractivity contribution < 1.29 is 4.74 Å². The molecule has 0 aromatic carbocycles. The van der Waals surface area contributed by atoms with E-state index in [-0.39, 0.29) is 0 Å². The molecule has 0 saturated heterocycles. The molecule has 0 aromatic rings. The molecule has 0 aliphatic heterocycles. The van der Waals surface area contributed by atoms with Crippen LogP contribution in [0.15, 0.2) is 48.3 Å². The van der Waals surface area contributed by atoms with Crippen LogP contribution in [0, 0.1) is 0 Å². The van der Waals surface area contributed by atoms with Gasteiger partial charge >= 0.3 is 0 Å². The predicted molar refractivity (Wildman–Crippen MR) is 53.9 cm³/mol. The van der Waals surface area contributed by atoms with Crippen molar-refractivity contribution >= 4 is 0 Å². The van der Waals surface area contributed by atoms with Crippen LogP contribution in [-0.2, 0) is 4.74 Å². The molecule has 0 rings (SSSR count). The molecule has 0 N–H and O–H groups in total. The lowest BCUT2D eigenvalue weighted by atomic mass is 10.2. The molecular weight excluding hydrogens is 148 g/mol. The molecule has 0 fully saturated rings. The van der Waals surface area contributed by atoms with E-state index < -0.39 is 0 Å². The summed E-state index contributed by atoms with van der Waals surface area (Å²) in [6.07, 6.45) is 9.50. The third-order valence-electron chi connectivity index (χ3n) is 1.21. The van der Waals surface area contributed by atoms with E-state index in [2.05, 4.69) is 6.58 Å². The summed E-state index contributed by atoms with van der Waals surface area (Å²) in [5.74, 6) is 0. The number of hydrogen-bond acceptors (Lipinski definition) is 1. The maximum Gasteiger partial charge on any atom is 0.0827 e. The Kier molecular flexibility index (Phi) is 5.80. The van der Waals surface area contributed by atoms with E-state index in [1.807, 2.05) is 38.2 Å². The first-order chi connectivity index (χ1) is 5.66. The zero-order chi connectivity index (χ0) is 9.40. The van der Waals surface area contributed by atoms with Gasteiger partial charge in [-0.2, -0.15) is 0 Å². The van der Waals surface area contributed by atoms with Gasteiger partial charge in [0.15, 0.2) is 0 Å². The third-order valence-corrected chi connectivity index (χ3v) is 1.21. The minimum absolute atomic E-state index is 1.05. The Morgan fingerprint density at radius 1 is 1.25 bits per heavy atom. The molecule has 0 saturated carbocycles. The van der Waals surface area contributed by atoms with E-state index in [0.29, 0.717) is 0 Å². The lowest BCUT2D eigenvalue weighted by Gasteiger charge is -1.88. The molecule has 0 aromatic heterocycles. The van der Waals surface area contributed by atoms with Gasteiger partial charge in [-0.15, -0.1) is 0 Å². The average Bonchev–Trinajstić information content (AvgIpc) is 2.00. The van der Waals surface area contributed by atoms with Crippen molar-refractivity contribution in [3.63, 3.8) is 0 Å². The van der Waals surface area contributed by atoms with Gasteiger partial charge in [-0.05, 0) is 25.5 Å². The Hall–Kier alpha value is -1.24. The van der Waals surface area contributed by atoms with E-state index >= 15 is 0 Å². The largest absolute Gasteiger partial charge is 0.504 e. The van der Waals surface area contributed by atoms with E-state index in [1.165, 1.54) is 0 Å². The molecular formula is C11H16O. The van der Waals surface area contributed by atoms with Gasteiger partial charge in [-0.3, -0.25) is 0 Å². The van der Waals surface area contributed by atoms with Crippen LogP contribution in [-0.4, -0.2) is 7.11 Å². The fourth-order valence-electron chi connectivity index (χ4n) is 0.595. The summed E-state index contributed by atoms with van der Waals surface area (Å²) in [7, 11) is 1.63. The van der Waals surface area contributed by atoms with Gasteiger partial charge in [0.1, 0.15) is 0 Å². The lowest BCUT2D eigenvalue weighted by Crippen LogP contribution is -1.69. The van der Waals surface area contributed by atoms with Crippen molar-refractivity contribution in [1.82, 2.24) is 0 Å². The molecule has 1 nitrogen and oxygen atoms in total. The number of allylic oxidation sites excluding steroid dienone is 6. The summed E-state index contributed by atoms with van der Waals surface area (Å²) in [6, 6.07) is 0. The van der Waals surface area contributed by atoms with Gasteiger partial charge in [-0.25, -0.2) is 0 Å². The molecule has 0 unspecified atom stereocenters. The first-order valence-electron chi connectivity index (χ1n) is 3.86. The summed E-state index contributed by atoms with van der Waals surface area (Å²) < 4.78 is 4.78. The fourth-order valence-corrected chi connectivity index (χ4v) is 0.595. The summed E-state index contributed by atoms with van der Waals surface area (Å²) in [4.78, 5) is 0. The van der Waals surface area contributed by atoms with Crippen LogP contribution in [0.5, 0.6) is 0 Å². The molecule has 1 heteroatoms. The zero-order valence-corrected chi connectivity index (χ0v) is 8.00. The molecule has 12 heavy (non-hydrogen) atoms. The van der Waals surface area contributed by atoms with Crippen LogP contribution in [0.1, 0.15) is 13.8 Å². The second kappa shape index (κ2) is 6.47. The van der Waals surface area contributed by atoms with Gasteiger partial charge in [0.25, 0.3) is 0 Å². The van der Waals surface area contributed by atoms with Crippen molar-refractivity contribution in [2.75, 3.05) is 7.11 Å². The molecule has 0 atom stereocenters. The van der Waals surface area contributed by atoms with Crippen LogP contribution in [0.4, 0.5) is 0 Å². The highest BCUT2D eigenvalue weighted by Gasteiger charge is 1.77. The molecule has 0 aliphatic carbocycles. The van der Waals surface area contributed by atoms with Crippen LogP contribution < -0.4 is 0 Å². The Bertz CT molecular complexity index is 219. The number of ether oxygens (including phenoxy) is 1. The monoisotopic (exact) mass is 164 g/mol. The van der Waals surface area contributed by atoms with Gasteiger partial charge in [-0.1, -0.05) is 30.4 Å². The predicted octanol–water partition coefficient (Wildman–Crippen LogP) is 3.23. The quantitative estimate of drug-likeness (QED) is 0.458. The van der Waals surface area contributed by atoms with Gasteiger partial charge in [0.2, 0.25) is 0 Å². The van der Waals surface area contributed by atoms with E-state index in [0.717, 1.165) is 11.1 Å². The minimum Gasteiger partial charge on any atom is -0.504 e. The maximum atomic E-state index is 4.78. The average molecular weight is 164 g/mol. The van der Waals surface area contributed by atoms with Crippen molar-refractivity contribution in [1.29, 1.82) is 0 Å². The summed E-state index contributed by atoms with van der Waals surface area (Å²) in [6.45, 7) is 7.73. The molecule has 0 amide bonds. The Balaban J connectivity index is 4.00. The van der Waals surface area contributed by atoms with Crippen molar-refractivity contribution in [3.05, 3.63) is 48.3 Å². The fraction of sp³-hybridized carbons (Fsp3) is 0.273. The highest BCUT2D eigenvalue weighted by molar-refractivity contribution is 5.24. The van der Waals surface area contributed by atoms with E-state index in [4.69, 9.17) is 4.74 Å². The van der Waals surface area contributed by atoms with Gasteiger partial charge in [0, 0.05) is 0 Å². The summed E-state index contributed by atoms with van der Waals surface area (Å²) >= 11 is 0. The van der Waals surface area contributed by atoms with E-state index in [1.54, 1.807) is 13.4 Å². The first kappa shape index (κ1) is 10.8. The molecule has 0 radical (unpaired) electrons. The molecule has 0 aliphatic rings. The molecule has 66 valence electrons. The molecule has 0 spiro atoms. The van der Waals surface area contributed by atoms with Crippen LogP contribution >= 0.6 is 0 Å². The third kappa shape index (κ3) is 6.87. The summed E-state index contributed by atoms with van der Waals surface area (Å²) in [5, 5.41) is 0. The molecule has 0 heterocycles. The highest BCUT2D eigenvalue weighted by atomic mass is 16.5. The van der Waals surface area contributed by atoms with Crippen molar-refractivity contribution in [2.24, 2.45) is 0 Å². The maximum absolute atomic E-state index is 4.78. The zero-order valence-electron chi connectivity index (χ0n) is 8.00. The normalized spacial score (nSPS) is 12.8. The van der Waals surface area contributed by atoms with Gasteiger partial charge in [0.05, 0.1) is 13.4 Å². The smallest absolute Gasteiger partial charge is 0.0827 e. The number of methoxy groups -OCH3 is 1. The Morgan fingerprint density at radius 3 is 2.42 bits per heavy atom. The van der Waals surface area contributed by atoms with Crippen molar-refractivity contribution in [3.8, 4) is 0 Å². The SMILES string of the molecule is C=C(C)/C=C/C=C(C)/C=C/OC. The summed E-state index contributed by atoms with van der Waals surface area (Å²) in [5.41, 5.74) is 2.20. The second-order valence-electron chi connectivity index (χ2n) is 2.65. The Labute approximate surface area is 74.7 Å². The number of rotatable bonds is 4. The van der Waals surface area contributed by atoms with Crippen LogP contribution in [0.3, 0.4) is 0 Å². The van der Waals surface area contributed by atoms with Crippen LogP contribution in [0.2, 0.25) is 0 Å². The second-order valence-corrected chi connectivity index (χ2v) is 2.65. The van der Waals surface area contributed by atoms with Gasteiger partial charge < -0.3 is 4.74 Å². The lowest BCUT2D eigenvalue weighted by molar-refractivity contribution is 0.338. The Morgan fingerprint density at radius 2 is 1.92 bits per heavy atom. The van der Waals surface area contributed by atoms with Crippen molar-refractivity contribution in [2.45, 2.75) is 13.8 Å².